The number of aromatic nitrogens is 2. The summed E-state index contributed by atoms with van der Waals surface area (Å²) in [5.74, 6) is -0.468. The van der Waals surface area contributed by atoms with Gasteiger partial charge in [-0.3, -0.25) is 4.79 Å². The Bertz CT molecular complexity index is 1150. The van der Waals surface area contributed by atoms with Crippen molar-refractivity contribution in [1.82, 2.24) is 9.97 Å². The quantitative estimate of drug-likeness (QED) is 0.423. The summed E-state index contributed by atoms with van der Waals surface area (Å²) in [5.41, 5.74) is 0.822. The van der Waals surface area contributed by atoms with E-state index in [-0.39, 0.29) is 17.3 Å². The highest BCUT2D eigenvalue weighted by atomic mass is 19.4. The number of benzene rings is 2. The standard InChI is InChI=1S/C22H20F3N5O2/c1-4-19(31)27-16-7-5-6-8-17(16)28-20-15(22(23,24)25)12-26-21(30-20)29-18-11-14(32-3)10-9-13(18)2/h4-12H,1H2,2-3H3,(H,27,31)(H2,26,28,29,30). The number of hydrogen-bond donors (Lipinski definition) is 3. The maximum absolute atomic E-state index is 13.6. The number of para-hydroxylation sites is 2. The largest absolute Gasteiger partial charge is 0.497 e. The molecule has 0 saturated carbocycles. The first kappa shape index (κ1) is 22.6. The van der Waals surface area contributed by atoms with Crippen LogP contribution in [0.1, 0.15) is 11.1 Å². The van der Waals surface area contributed by atoms with E-state index < -0.39 is 23.5 Å². The van der Waals surface area contributed by atoms with Crippen molar-refractivity contribution in [2.24, 2.45) is 0 Å². The molecule has 0 saturated heterocycles. The van der Waals surface area contributed by atoms with Crippen LogP contribution in [-0.4, -0.2) is 23.0 Å². The molecule has 0 aliphatic carbocycles. The number of methoxy groups -OCH3 is 1. The molecule has 7 nitrogen and oxygen atoms in total. The molecule has 0 spiro atoms. The van der Waals surface area contributed by atoms with Crippen molar-refractivity contribution in [3.63, 3.8) is 0 Å². The van der Waals surface area contributed by atoms with E-state index >= 15 is 0 Å². The number of rotatable bonds is 7. The van der Waals surface area contributed by atoms with E-state index in [0.717, 1.165) is 11.6 Å². The predicted octanol–water partition coefficient (Wildman–Crippen LogP) is 5.42. The van der Waals surface area contributed by atoms with E-state index in [4.69, 9.17) is 4.74 Å². The fraction of sp³-hybridized carbons (Fsp3) is 0.136. The number of ether oxygens (including phenoxy) is 1. The molecule has 0 bridgehead atoms. The molecule has 1 heterocycles. The van der Waals surface area contributed by atoms with Gasteiger partial charge in [-0.05, 0) is 36.8 Å². The SMILES string of the molecule is C=CC(=O)Nc1ccccc1Nc1nc(Nc2cc(OC)ccc2C)ncc1C(F)(F)F. The number of nitrogens with zero attached hydrogens (tertiary/aromatic N) is 2. The van der Waals surface area contributed by atoms with Crippen molar-refractivity contribution in [2.45, 2.75) is 13.1 Å². The smallest absolute Gasteiger partial charge is 0.421 e. The molecule has 0 aliphatic rings. The summed E-state index contributed by atoms with van der Waals surface area (Å²) in [5, 5.41) is 8.11. The number of alkyl halides is 3. The molecular formula is C22H20F3N5O2. The zero-order valence-corrected chi connectivity index (χ0v) is 17.2. The van der Waals surface area contributed by atoms with Gasteiger partial charge in [-0.2, -0.15) is 18.2 Å². The summed E-state index contributed by atoms with van der Waals surface area (Å²) < 4.78 is 46.0. The third-order valence-corrected chi connectivity index (χ3v) is 4.41. The first-order valence-corrected chi connectivity index (χ1v) is 9.36. The van der Waals surface area contributed by atoms with Crippen LogP contribution < -0.4 is 20.7 Å². The van der Waals surface area contributed by atoms with Crippen LogP contribution >= 0.6 is 0 Å². The third kappa shape index (κ3) is 5.34. The lowest BCUT2D eigenvalue weighted by atomic mass is 10.2. The van der Waals surface area contributed by atoms with Crippen LogP contribution in [0.25, 0.3) is 0 Å². The first-order chi connectivity index (χ1) is 15.2. The second kappa shape index (κ2) is 9.38. The monoisotopic (exact) mass is 443 g/mol. The van der Waals surface area contributed by atoms with Gasteiger partial charge in [-0.15, -0.1) is 0 Å². The molecule has 0 atom stereocenters. The maximum Gasteiger partial charge on any atom is 0.421 e. The van der Waals surface area contributed by atoms with Gasteiger partial charge >= 0.3 is 6.18 Å². The lowest BCUT2D eigenvalue weighted by Gasteiger charge is -2.17. The molecule has 0 radical (unpaired) electrons. The van der Waals surface area contributed by atoms with Gasteiger partial charge in [-0.1, -0.05) is 24.8 Å². The number of carbonyl (C=O) groups excluding carboxylic acids is 1. The van der Waals surface area contributed by atoms with Crippen molar-refractivity contribution in [1.29, 1.82) is 0 Å². The molecule has 3 aromatic rings. The molecule has 32 heavy (non-hydrogen) atoms. The Kier molecular flexibility index (Phi) is 6.62. The Morgan fingerprint density at radius 3 is 2.47 bits per heavy atom. The van der Waals surface area contributed by atoms with Crippen molar-refractivity contribution >= 4 is 34.7 Å². The number of hydrogen-bond acceptors (Lipinski definition) is 6. The van der Waals surface area contributed by atoms with Crippen LogP contribution in [0, 0.1) is 6.92 Å². The number of nitrogens with one attached hydrogen (secondary N) is 3. The van der Waals surface area contributed by atoms with Gasteiger partial charge in [0.2, 0.25) is 11.9 Å². The van der Waals surface area contributed by atoms with Crippen LogP contribution in [0.4, 0.5) is 42.0 Å². The summed E-state index contributed by atoms with van der Waals surface area (Å²) in [7, 11) is 1.51. The molecule has 0 fully saturated rings. The highest BCUT2D eigenvalue weighted by molar-refractivity contribution is 6.01. The zero-order valence-electron chi connectivity index (χ0n) is 17.2. The lowest BCUT2D eigenvalue weighted by molar-refractivity contribution is -0.137. The molecule has 0 unspecified atom stereocenters. The fourth-order valence-corrected chi connectivity index (χ4v) is 2.74. The number of halogens is 3. The first-order valence-electron chi connectivity index (χ1n) is 9.36. The highest BCUT2D eigenvalue weighted by Gasteiger charge is 2.35. The minimum absolute atomic E-state index is 0.0514. The van der Waals surface area contributed by atoms with E-state index in [1.54, 1.807) is 30.3 Å². The average molecular weight is 443 g/mol. The topological polar surface area (TPSA) is 88.2 Å². The lowest BCUT2D eigenvalue weighted by Crippen LogP contribution is -2.14. The summed E-state index contributed by atoms with van der Waals surface area (Å²) in [6, 6.07) is 11.5. The van der Waals surface area contributed by atoms with Crippen LogP contribution in [0.3, 0.4) is 0 Å². The maximum atomic E-state index is 13.6. The summed E-state index contributed by atoms with van der Waals surface area (Å²) in [4.78, 5) is 19.5. The Morgan fingerprint density at radius 1 is 1.09 bits per heavy atom. The van der Waals surface area contributed by atoms with Crippen LogP contribution in [-0.2, 0) is 11.0 Å². The van der Waals surface area contributed by atoms with E-state index in [9.17, 15) is 18.0 Å². The van der Waals surface area contributed by atoms with E-state index in [0.29, 0.717) is 17.6 Å². The van der Waals surface area contributed by atoms with E-state index in [1.807, 2.05) is 6.92 Å². The Balaban J connectivity index is 2.00. The van der Waals surface area contributed by atoms with Crippen LogP contribution in [0.15, 0.2) is 61.3 Å². The molecule has 166 valence electrons. The Morgan fingerprint density at radius 2 is 1.81 bits per heavy atom. The van der Waals surface area contributed by atoms with Crippen LogP contribution in [0.5, 0.6) is 5.75 Å². The van der Waals surface area contributed by atoms with Gasteiger partial charge in [0.05, 0.1) is 18.5 Å². The van der Waals surface area contributed by atoms with Crippen molar-refractivity contribution in [2.75, 3.05) is 23.1 Å². The highest BCUT2D eigenvalue weighted by Crippen LogP contribution is 2.37. The van der Waals surface area contributed by atoms with Gasteiger partial charge in [0.25, 0.3) is 0 Å². The zero-order chi connectivity index (χ0) is 23.3. The second-order valence-electron chi connectivity index (χ2n) is 6.62. The molecule has 1 aromatic heterocycles. The second-order valence-corrected chi connectivity index (χ2v) is 6.62. The fourth-order valence-electron chi connectivity index (χ4n) is 2.74. The van der Waals surface area contributed by atoms with Crippen molar-refractivity contribution in [3.05, 3.63) is 72.4 Å². The van der Waals surface area contributed by atoms with Gasteiger partial charge < -0.3 is 20.7 Å². The minimum atomic E-state index is -4.70. The molecule has 2 aromatic carbocycles. The predicted molar refractivity (Wildman–Crippen MR) is 117 cm³/mol. The van der Waals surface area contributed by atoms with Crippen LogP contribution in [0.2, 0.25) is 0 Å². The number of amides is 1. The summed E-state index contributed by atoms with van der Waals surface area (Å²) in [6.45, 7) is 5.19. The van der Waals surface area contributed by atoms with Crippen molar-refractivity contribution in [3.8, 4) is 5.75 Å². The molecular weight excluding hydrogens is 423 g/mol. The van der Waals surface area contributed by atoms with Gasteiger partial charge in [0, 0.05) is 18.0 Å². The van der Waals surface area contributed by atoms with Gasteiger partial charge in [0.15, 0.2) is 0 Å². The normalized spacial score (nSPS) is 10.9. The summed E-state index contributed by atoms with van der Waals surface area (Å²) >= 11 is 0. The molecule has 1 amide bonds. The van der Waals surface area contributed by atoms with E-state index in [1.165, 1.54) is 19.2 Å². The Labute approximate surface area is 182 Å². The van der Waals surface area contributed by atoms with Gasteiger partial charge in [-0.25, -0.2) is 4.98 Å². The molecule has 3 rings (SSSR count). The molecule has 0 aliphatic heterocycles. The number of aryl methyl sites for hydroxylation is 1. The number of carbonyl (C=O) groups is 1. The van der Waals surface area contributed by atoms with Crippen molar-refractivity contribution < 1.29 is 22.7 Å². The molecule has 10 heteroatoms. The van der Waals surface area contributed by atoms with Gasteiger partial charge in [0.1, 0.15) is 17.1 Å². The molecule has 3 N–H and O–H groups in total. The third-order valence-electron chi connectivity index (χ3n) is 4.41. The number of anilines is 5. The van der Waals surface area contributed by atoms with E-state index in [2.05, 4.69) is 32.5 Å². The minimum Gasteiger partial charge on any atom is -0.497 e. The average Bonchev–Trinajstić information content (AvgIpc) is 2.76. The Hall–Kier alpha value is -4.08. The summed E-state index contributed by atoms with van der Waals surface area (Å²) in [6.07, 6.45) is -2.95.